The molecule has 0 spiro atoms. The summed E-state index contributed by atoms with van der Waals surface area (Å²) in [5, 5.41) is 3.41. The standard InChI is InChI=1S/C10H10F2O4S/c1-6-3-4-8(5-7(6)2)17(15,16)10(11,12)9(13)14/h3-5H,1-2H3,(H,13,14). The van der Waals surface area contributed by atoms with Crippen molar-refractivity contribution in [1.29, 1.82) is 0 Å². The van der Waals surface area contributed by atoms with Crippen molar-refractivity contribution < 1.29 is 27.1 Å². The fraction of sp³-hybridized carbons (Fsp3) is 0.300. The molecule has 0 amide bonds. The van der Waals surface area contributed by atoms with Gasteiger partial charge < -0.3 is 5.11 Å². The van der Waals surface area contributed by atoms with E-state index in [-0.39, 0.29) is 0 Å². The van der Waals surface area contributed by atoms with Gasteiger partial charge in [0.15, 0.2) is 0 Å². The predicted octanol–water partition coefficient (Wildman–Crippen LogP) is 1.75. The van der Waals surface area contributed by atoms with Crippen LogP contribution in [0, 0.1) is 13.8 Å². The summed E-state index contributed by atoms with van der Waals surface area (Å²) in [5.74, 6) is -2.68. The van der Waals surface area contributed by atoms with E-state index in [1.165, 1.54) is 6.07 Å². The second-order valence-corrected chi connectivity index (χ2v) is 5.56. The molecule has 0 aliphatic carbocycles. The van der Waals surface area contributed by atoms with E-state index >= 15 is 0 Å². The van der Waals surface area contributed by atoms with Crippen LogP contribution in [0.4, 0.5) is 8.78 Å². The number of benzene rings is 1. The van der Waals surface area contributed by atoms with E-state index in [1.807, 2.05) is 0 Å². The Morgan fingerprint density at radius 2 is 1.76 bits per heavy atom. The summed E-state index contributed by atoms with van der Waals surface area (Å²) < 4.78 is 49.0. The number of carboxylic acids is 1. The topological polar surface area (TPSA) is 71.4 Å². The molecular weight excluding hydrogens is 254 g/mol. The van der Waals surface area contributed by atoms with Crippen LogP contribution in [0.15, 0.2) is 23.1 Å². The van der Waals surface area contributed by atoms with Gasteiger partial charge in [0.1, 0.15) is 0 Å². The average Bonchev–Trinajstić information content (AvgIpc) is 2.21. The van der Waals surface area contributed by atoms with Gasteiger partial charge in [-0.1, -0.05) is 6.07 Å². The number of hydrogen-bond acceptors (Lipinski definition) is 3. The van der Waals surface area contributed by atoms with Crippen LogP contribution in [-0.4, -0.2) is 24.7 Å². The Bertz CT molecular complexity index is 564. The fourth-order valence-electron chi connectivity index (χ4n) is 1.14. The molecular formula is C10H10F2O4S. The first-order valence-electron chi connectivity index (χ1n) is 4.54. The molecule has 0 heterocycles. The van der Waals surface area contributed by atoms with Gasteiger partial charge in [0.05, 0.1) is 4.90 Å². The van der Waals surface area contributed by atoms with Crippen LogP contribution in [0.1, 0.15) is 11.1 Å². The fourth-order valence-corrected chi connectivity index (χ4v) is 2.25. The molecule has 0 bridgehead atoms. The van der Waals surface area contributed by atoms with Crippen molar-refractivity contribution in [2.75, 3.05) is 0 Å². The van der Waals surface area contributed by atoms with Crippen LogP contribution in [0.3, 0.4) is 0 Å². The molecule has 0 saturated heterocycles. The number of hydrogen-bond donors (Lipinski definition) is 1. The van der Waals surface area contributed by atoms with Crippen molar-refractivity contribution in [3.63, 3.8) is 0 Å². The van der Waals surface area contributed by atoms with Crippen molar-refractivity contribution >= 4 is 15.8 Å². The van der Waals surface area contributed by atoms with Crippen molar-refractivity contribution in [3.05, 3.63) is 29.3 Å². The maximum absolute atomic E-state index is 13.1. The SMILES string of the molecule is Cc1ccc(S(=O)(=O)C(F)(F)C(=O)O)cc1C. The maximum Gasteiger partial charge on any atom is 0.444 e. The molecule has 17 heavy (non-hydrogen) atoms. The summed E-state index contributed by atoms with van der Waals surface area (Å²) in [6, 6.07) is 3.34. The predicted molar refractivity (Wildman–Crippen MR) is 55.7 cm³/mol. The van der Waals surface area contributed by atoms with Gasteiger partial charge in [0, 0.05) is 0 Å². The lowest BCUT2D eigenvalue weighted by Gasteiger charge is -2.13. The van der Waals surface area contributed by atoms with E-state index in [0.29, 0.717) is 5.56 Å². The molecule has 0 aliphatic heterocycles. The molecule has 1 aromatic rings. The summed E-state index contributed by atoms with van der Waals surface area (Å²) in [6.07, 6.45) is 0. The lowest BCUT2D eigenvalue weighted by molar-refractivity contribution is -0.153. The van der Waals surface area contributed by atoms with Gasteiger partial charge in [-0.25, -0.2) is 13.2 Å². The summed E-state index contributed by atoms with van der Waals surface area (Å²) in [4.78, 5) is 9.56. The van der Waals surface area contributed by atoms with Crippen LogP contribution < -0.4 is 0 Å². The van der Waals surface area contributed by atoms with E-state index in [0.717, 1.165) is 17.7 Å². The van der Waals surface area contributed by atoms with Crippen LogP contribution >= 0.6 is 0 Å². The van der Waals surface area contributed by atoms with Crippen molar-refractivity contribution in [2.24, 2.45) is 0 Å². The smallest absolute Gasteiger partial charge is 0.444 e. The summed E-state index contributed by atoms with van der Waals surface area (Å²) in [6.45, 7) is 3.23. The molecule has 4 nitrogen and oxygen atoms in total. The number of rotatable bonds is 3. The minimum Gasteiger partial charge on any atom is -0.476 e. The largest absolute Gasteiger partial charge is 0.476 e. The number of carboxylic acid groups (broad SMARTS) is 1. The average molecular weight is 264 g/mol. The normalized spacial score (nSPS) is 12.5. The second-order valence-electron chi connectivity index (χ2n) is 3.57. The molecule has 0 saturated carbocycles. The quantitative estimate of drug-likeness (QED) is 0.902. The van der Waals surface area contributed by atoms with Gasteiger partial charge in [-0.3, -0.25) is 0 Å². The third-order valence-corrected chi connectivity index (χ3v) is 4.10. The van der Waals surface area contributed by atoms with Gasteiger partial charge in [0.25, 0.3) is 9.84 Å². The Morgan fingerprint density at radius 1 is 1.24 bits per heavy atom. The zero-order valence-electron chi connectivity index (χ0n) is 9.07. The van der Waals surface area contributed by atoms with Crippen LogP contribution in [0.25, 0.3) is 0 Å². The molecule has 0 aromatic heterocycles. The Hall–Kier alpha value is -1.50. The van der Waals surface area contributed by atoms with E-state index in [1.54, 1.807) is 13.8 Å². The van der Waals surface area contributed by atoms with Crippen LogP contribution in [0.2, 0.25) is 0 Å². The molecule has 1 N–H and O–H groups in total. The highest BCUT2D eigenvalue weighted by molar-refractivity contribution is 7.93. The Morgan fingerprint density at radius 3 is 2.18 bits per heavy atom. The van der Waals surface area contributed by atoms with Crippen LogP contribution in [-0.2, 0) is 14.6 Å². The van der Waals surface area contributed by atoms with E-state index in [4.69, 9.17) is 5.11 Å². The second kappa shape index (κ2) is 4.06. The number of sulfone groups is 1. The van der Waals surface area contributed by atoms with Crippen molar-refractivity contribution in [1.82, 2.24) is 0 Å². The Kier molecular flexibility index (Phi) is 3.24. The summed E-state index contributed by atoms with van der Waals surface area (Å²) >= 11 is 0. The molecule has 0 fully saturated rings. The number of aliphatic carboxylic acids is 1. The highest BCUT2D eigenvalue weighted by Gasteiger charge is 2.53. The molecule has 0 atom stereocenters. The third-order valence-electron chi connectivity index (χ3n) is 2.38. The van der Waals surface area contributed by atoms with Gasteiger partial charge in [-0.05, 0) is 37.1 Å². The molecule has 0 aliphatic rings. The molecule has 1 rings (SSSR count). The Labute approximate surface area is 96.8 Å². The van der Waals surface area contributed by atoms with Gasteiger partial charge >= 0.3 is 11.2 Å². The summed E-state index contributed by atoms with van der Waals surface area (Å²) in [7, 11) is -5.21. The highest BCUT2D eigenvalue weighted by atomic mass is 32.2. The maximum atomic E-state index is 13.1. The van der Waals surface area contributed by atoms with E-state index in [2.05, 4.69) is 0 Å². The van der Waals surface area contributed by atoms with Crippen molar-refractivity contribution in [3.8, 4) is 0 Å². The minimum atomic E-state index is -5.21. The van der Waals surface area contributed by atoms with Crippen LogP contribution in [0.5, 0.6) is 0 Å². The van der Waals surface area contributed by atoms with E-state index < -0.39 is 26.0 Å². The number of carbonyl (C=O) groups is 1. The number of alkyl halides is 2. The zero-order valence-corrected chi connectivity index (χ0v) is 9.88. The van der Waals surface area contributed by atoms with Crippen molar-refractivity contribution in [2.45, 2.75) is 24.0 Å². The zero-order chi connectivity index (χ0) is 13.4. The minimum absolute atomic E-state index is 0.493. The Balaban J connectivity index is 3.42. The number of halogens is 2. The highest BCUT2D eigenvalue weighted by Crippen LogP contribution is 2.30. The first kappa shape index (κ1) is 13.6. The molecule has 94 valence electrons. The first-order chi connectivity index (χ1) is 7.60. The lowest BCUT2D eigenvalue weighted by atomic mass is 10.1. The summed E-state index contributed by atoms with van der Waals surface area (Å²) in [5.41, 5.74) is 1.22. The molecule has 1 aromatic carbocycles. The van der Waals surface area contributed by atoms with E-state index in [9.17, 15) is 22.0 Å². The van der Waals surface area contributed by atoms with Gasteiger partial charge in [-0.15, -0.1) is 0 Å². The van der Waals surface area contributed by atoms with Gasteiger partial charge in [0.2, 0.25) is 0 Å². The molecule has 0 unspecified atom stereocenters. The molecule has 0 radical (unpaired) electrons. The lowest BCUT2D eigenvalue weighted by Crippen LogP contribution is -2.37. The third kappa shape index (κ3) is 2.14. The van der Waals surface area contributed by atoms with Gasteiger partial charge in [-0.2, -0.15) is 8.78 Å². The monoisotopic (exact) mass is 264 g/mol. The number of aryl methyl sites for hydroxylation is 2. The first-order valence-corrected chi connectivity index (χ1v) is 6.02. The molecule has 7 heteroatoms.